The molecule has 4 rings (SSSR count). The lowest BCUT2D eigenvalue weighted by Gasteiger charge is -2.19. The molecule has 0 unspecified atom stereocenters. The average molecular weight is 605 g/mol. The van der Waals surface area contributed by atoms with Crippen LogP contribution in [0.3, 0.4) is 0 Å². The van der Waals surface area contributed by atoms with E-state index in [0.29, 0.717) is 14.8 Å². The van der Waals surface area contributed by atoms with Crippen LogP contribution in [0.4, 0.5) is 25.8 Å². The molecule has 0 spiro atoms. The predicted octanol–water partition coefficient (Wildman–Crippen LogP) is 4.93. The van der Waals surface area contributed by atoms with Crippen LogP contribution in [0, 0.1) is 15.2 Å². The minimum atomic E-state index is -1.22. The smallest absolute Gasteiger partial charge is 0.289 e. The Hall–Kier alpha value is -3.61. The Bertz CT molecular complexity index is 1650. The average Bonchev–Trinajstić information content (AvgIpc) is 2.81. The highest BCUT2D eigenvalue weighted by Crippen LogP contribution is 2.32. The molecule has 0 saturated carbocycles. The van der Waals surface area contributed by atoms with E-state index in [9.17, 15) is 18.8 Å². The van der Waals surface area contributed by atoms with Crippen LogP contribution in [-0.2, 0) is 11.8 Å². The third-order valence-electron chi connectivity index (χ3n) is 5.52. The lowest BCUT2D eigenvalue weighted by atomic mass is 10.1. The molecular weight excluding hydrogens is 583 g/mol. The van der Waals surface area contributed by atoms with Crippen molar-refractivity contribution in [3.63, 3.8) is 0 Å². The second kappa shape index (κ2) is 9.80. The predicted molar refractivity (Wildman–Crippen MR) is 144 cm³/mol. The summed E-state index contributed by atoms with van der Waals surface area (Å²) in [5, 5.41) is 9.67. The fraction of sp³-hybridized carbons (Fsp3) is 0.200. The fourth-order valence-corrected chi connectivity index (χ4v) is 4.34. The summed E-state index contributed by atoms with van der Waals surface area (Å²) in [6.45, 7) is 4.84. The molecule has 11 heteroatoms. The molecule has 4 aromatic rings. The second-order valence-corrected chi connectivity index (χ2v) is 9.73. The molecular formula is C25H22F2IN5O3. The molecule has 0 atom stereocenters. The lowest BCUT2D eigenvalue weighted by Crippen LogP contribution is -2.31. The zero-order chi connectivity index (χ0) is 26.3. The Morgan fingerprint density at radius 2 is 1.81 bits per heavy atom. The molecule has 0 saturated heterocycles. The molecule has 0 radical (unpaired) electrons. The summed E-state index contributed by atoms with van der Waals surface area (Å²) in [4.78, 5) is 38.0. The minimum Gasteiger partial charge on any atom is -0.350 e. The van der Waals surface area contributed by atoms with Gasteiger partial charge < -0.3 is 15.2 Å². The number of amides is 1. The minimum absolute atomic E-state index is 0.0664. The molecule has 0 aliphatic rings. The zero-order valence-electron chi connectivity index (χ0n) is 19.8. The molecule has 36 heavy (non-hydrogen) atoms. The Morgan fingerprint density at radius 1 is 1.08 bits per heavy atom. The van der Waals surface area contributed by atoms with Gasteiger partial charge in [0, 0.05) is 28.8 Å². The normalized spacial score (nSPS) is 11.2. The first-order valence-corrected chi connectivity index (χ1v) is 12.0. The number of halogens is 3. The summed E-state index contributed by atoms with van der Waals surface area (Å²) in [5.74, 6) is -2.17. The molecule has 2 N–H and O–H groups in total. The number of pyridine rings is 1. The van der Waals surface area contributed by atoms with Crippen LogP contribution in [0.2, 0.25) is 0 Å². The van der Waals surface area contributed by atoms with E-state index in [4.69, 9.17) is 0 Å². The molecule has 2 aromatic heterocycles. The van der Waals surface area contributed by atoms with Crippen molar-refractivity contribution >= 4 is 56.5 Å². The molecule has 0 aliphatic heterocycles. The first-order chi connectivity index (χ1) is 17.0. The van der Waals surface area contributed by atoms with Crippen LogP contribution in [0.5, 0.6) is 0 Å². The molecule has 1 amide bonds. The van der Waals surface area contributed by atoms with Gasteiger partial charge in [-0.15, -0.1) is 0 Å². The fourth-order valence-electron chi connectivity index (χ4n) is 3.89. The molecule has 2 heterocycles. The highest BCUT2D eigenvalue weighted by atomic mass is 127. The Kier molecular flexibility index (Phi) is 6.94. The molecule has 0 bridgehead atoms. The third-order valence-corrected chi connectivity index (χ3v) is 6.20. The summed E-state index contributed by atoms with van der Waals surface area (Å²) in [7, 11) is 1.34. The van der Waals surface area contributed by atoms with Crippen LogP contribution < -0.4 is 21.8 Å². The maximum atomic E-state index is 15.4. The van der Waals surface area contributed by atoms with Crippen molar-refractivity contribution in [2.75, 3.05) is 10.6 Å². The summed E-state index contributed by atoms with van der Waals surface area (Å²) < 4.78 is 32.9. The number of hydrogen-bond donors (Lipinski definition) is 2. The van der Waals surface area contributed by atoms with Crippen molar-refractivity contribution in [3.05, 3.63) is 78.4 Å². The van der Waals surface area contributed by atoms with Gasteiger partial charge in [-0.1, -0.05) is 12.1 Å². The summed E-state index contributed by atoms with van der Waals surface area (Å²) >= 11 is 1.94. The van der Waals surface area contributed by atoms with Gasteiger partial charge in [-0.25, -0.2) is 9.07 Å². The Morgan fingerprint density at radius 3 is 2.44 bits per heavy atom. The summed E-state index contributed by atoms with van der Waals surface area (Å²) in [6, 6.07) is 10.5. The molecule has 0 fully saturated rings. The van der Waals surface area contributed by atoms with E-state index in [1.165, 1.54) is 30.8 Å². The highest BCUT2D eigenvalue weighted by Gasteiger charge is 2.25. The van der Waals surface area contributed by atoms with E-state index in [1.807, 2.05) is 22.6 Å². The van der Waals surface area contributed by atoms with Crippen molar-refractivity contribution in [3.8, 4) is 11.3 Å². The number of fused-ring (bicyclic) bond motifs is 1. The van der Waals surface area contributed by atoms with E-state index in [0.717, 1.165) is 4.57 Å². The van der Waals surface area contributed by atoms with Crippen LogP contribution in [0.1, 0.15) is 26.8 Å². The summed E-state index contributed by atoms with van der Waals surface area (Å²) in [6.07, 6.45) is 0. The van der Waals surface area contributed by atoms with Gasteiger partial charge in [0.15, 0.2) is 0 Å². The van der Waals surface area contributed by atoms with E-state index in [2.05, 4.69) is 15.7 Å². The van der Waals surface area contributed by atoms with Gasteiger partial charge in [-0.05, 0) is 66.8 Å². The number of nitrogens with zero attached hydrogens (tertiary/aromatic N) is 3. The number of aromatic nitrogens is 3. The molecule has 186 valence electrons. The van der Waals surface area contributed by atoms with Gasteiger partial charge in [-0.2, -0.15) is 9.49 Å². The lowest BCUT2D eigenvalue weighted by molar-refractivity contribution is -0.114. The van der Waals surface area contributed by atoms with Crippen LogP contribution in [0.15, 0.2) is 52.1 Å². The van der Waals surface area contributed by atoms with Crippen molar-refractivity contribution < 1.29 is 13.6 Å². The number of anilines is 3. The molecule has 8 nitrogen and oxygen atoms in total. The van der Waals surface area contributed by atoms with Gasteiger partial charge >= 0.3 is 0 Å². The third kappa shape index (κ3) is 4.62. The van der Waals surface area contributed by atoms with Crippen LogP contribution in [-0.4, -0.2) is 20.3 Å². The first-order valence-electron chi connectivity index (χ1n) is 10.9. The SMILES string of the molecule is CC(=O)Nc1cccc(-c2nn(C(C)C)c(=O)c3c(Nc4ccc(I)cc4F)c(F)c(=O)n(C)c23)c1. The van der Waals surface area contributed by atoms with Gasteiger partial charge in [0.25, 0.3) is 11.1 Å². The van der Waals surface area contributed by atoms with Gasteiger partial charge in [-0.3, -0.25) is 14.4 Å². The standard InChI is InChI=1S/C25H22F2IN5O3/c1-12(2)33-24(35)19-22(30-18-9-8-15(28)11-17(18)26)20(27)25(36)32(4)23(19)21(31-33)14-6-5-7-16(10-14)29-13(3)34/h5-12,30H,1-4H3,(H,29,34). The van der Waals surface area contributed by atoms with E-state index >= 15 is 4.39 Å². The maximum Gasteiger partial charge on any atom is 0.289 e. The van der Waals surface area contributed by atoms with E-state index < -0.39 is 34.5 Å². The number of hydrogen-bond acceptors (Lipinski definition) is 5. The second-order valence-electron chi connectivity index (χ2n) is 8.48. The van der Waals surface area contributed by atoms with Crippen molar-refractivity contribution in [2.45, 2.75) is 26.8 Å². The van der Waals surface area contributed by atoms with Gasteiger partial charge in [0.1, 0.15) is 11.5 Å². The van der Waals surface area contributed by atoms with E-state index in [1.54, 1.807) is 44.2 Å². The van der Waals surface area contributed by atoms with Crippen LogP contribution in [0.25, 0.3) is 22.2 Å². The zero-order valence-corrected chi connectivity index (χ0v) is 22.0. The monoisotopic (exact) mass is 605 g/mol. The maximum absolute atomic E-state index is 15.4. The van der Waals surface area contributed by atoms with Gasteiger partial charge in [0.2, 0.25) is 11.7 Å². The number of nitrogens with one attached hydrogen (secondary N) is 2. The van der Waals surface area contributed by atoms with Crippen molar-refractivity contribution in [1.82, 2.24) is 14.3 Å². The van der Waals surface area contributed by atoms with Crippen molar-refractivity contribution in [1.29, 1.82) is 0 Å². The Labute approximate surface area is 218 Å². The largest absolute Gasteiger partial charge is 0.350 e. The summed E-state index contributed by atoms with van der Waals surface area (Å²) in [5.41, 5.74) is -0.951. The van der Waals surface area contributed by atoms with Gasteiger partial charge in [0.05, 0.1) is 28.3 Å². The van der Waals surface area contributed by atoms with E-state index in [-0.39, 0.29) is 28.2 Å². The molecule has 0 aliphatic carbocycles. The van der Waals surface area contributed by atoms with Crippen LogP contribution >= 0.6 is 22.6 Å². The first kappa shape index (κ1) is 25.5. The topological polar surface area (TPSA) is 98.0 Å². The molecule has 2 aromatic carbocycles. The number of carbonyl (C=O) groups is 1. The number of rotatable bonds is 5. The number of carbonyl (C=O) groups excluding carboxylic acids is 1. The Balaban J connectivity index is 2.12. The number of aryl methyl sites for hydroxylation is 1. The number of benzene rings is 2. The highest BCUT2D eigenvalue weighted by molar-refractivity contribution is 14.1. The van der Waals surface area contributed by atoms with Crippen molar-refractivity contribution in [2.24, 2.45) is 7.05 Å². The quantitative estimate of drug-likeness (QED) is 0.315.